The van der Waals surface area contributed by atoms with Gasteiger partial charge >= 0.3 is 5.97 Å². The van der Waals surface area contributed by atoms with E-state index in [1.54, 1.807) is 12.1 Å². The highest BCUT2D eigenvalue weighted by molar-refractivity contribution is 9.10. The normalized spacial score (nSPS) is 10.7. The van der Waals surface area contributed by atoms with Crippen LogP contribution in [0.2, 0.25) is 0 Å². The number of halogens is 2. The van der Waals surface area contributed by atoms with Gasteiger partial charge in [0.05, 0.1) is 12.2 Å². The Bertz CT molecular complexity index is 629. The van der Waals surface area contributed by atoms with Crippen LogP contribution in [0.4, 0.5) is 4.39 Å². The van der Waals surface area contributed by atoms with Crippen LogP contribution in [-0.2, 0) is 13.1 Å². The van der Waals surface area contributed by atoms with Crippen LogP contribution in [-0.4, -0.2) is 26.1 Å². The number of aromatic nitrogens is 3. The average Bonchev–Trinajstić information content (AvgIpc) is 2.76. The van der Waals surface area contributed by atoms with Crippen LogP contribution in [0.25, 0.3) is 0 Å². The summed E-state index contributed by atoms with van der Waals surface area (Å²) in [7, 11) is 0. The fourth-order valence-corrected chi connectivity index (χ4v) is 2.06. The van der Waals surface area contributed by atoms with E-state index in [2.05, 4.69) is 26.2 Å². The number of aromatic carboxylic acids is 1. The monoisotopic (exact) mass is 328 g/mol. The van der Waals surface area contributed by atoms with E-state index in [1.165, 1.54) is 10.7 Å². The highest BCUT2D eigenvalue weighted by Gasteiger charge is 2.18. The first-order valence-electron chi connectivity index (χ1n) is 5.32. The largest absolute Gasteiger partial charge is 0.476 e. The molecule has 0 radical (unpaired) electrons. The van der Waals surface area contributed by atoms with E-state index in [0.717, 1.165) is 4.47 Å². The number of benzene rings is 1. The molecule has 0 aliphatic carbocycles. The molecule has 0 atom stereocenters. The Hall–Kier alpha value is -1.80. The highest BCUT2D eigenvalue weighted by atomic mass is 79.9. The van der Waals surface area contributed by atoms with Gasteiger partial charge in [-0.1, -0.05) is 21.1 Å². The lowest BCUT2D eigenvalue weighted by Gasteiger charge is -2.07. The molecule has 0 saturated carbocycles. The van der Waals surface area contributed by atoms with E-state index in [1.807, 2.05) is 0 Å². The predicted molar refractivity (Wildman–Crippen MR) is 68.1 cm³/mol. The minimum Gasteiger partial charge on any atom is -0.476 e. The molecule has 3 N–H and O–H groups in total. The summed E-state index contributed by atoms with van der Waals surface area (Å²) < 4.78 is 15.6. The van der Waals surface area contributed by atoms with Crippen molar-refractivity contribution in [2.24, 2.45) is 5.73 Å². The summed E-state index contributed by atoms with van der Waals surface area (Å²) in [5.41, 5.74) is 5.90. The van der Waals surface area contributed by atoms with Gasteiger partial charge in [-0.05, 0) is 18.2 Å². The molecule has 1 heterocycles. The fourth-order valence-electron chi connectivity index (χ4n) is 1.65. The molecule has 0 saturated heterocycles. The SMILES string of the molecule is NCc1c(C(=O)O)nnn1Cc1cc(Br)ccc1F. The molecule has 8 heteroatoms. The molecular formula is C11H10BrFN4O2. The van der Waals surface area contributed by atoms with Crippen LogP contribution in [0.1, 0.15) is 21.7 Å². The second-order valence-corrected chi connectivity index (χ2v) is 4.70. The topological polar surface area (TPSA) is 94.0 Å². The molecule has 2 aromatic rings. The molecule has 0 spiro atoms. The number of hydrogen-bond donors (Lipinski definition) is 2. The second kappa shape index (κ2) is 5.45. The van der Waals surface area contributed by atoms with E-state index < -0.39 is 11.8 Å². The predicted octanol–water partition coefficient (Wildman–Crippen LogP) is 1.38. The smallest absolute Gasteiger partial charge is 0.358 e. The Morgan fingerprint density at radius 3 is 2.89 bits per heavy atom. The van der Waals surface area contributed by atoms with Crippen LogP contribution in [0.3, 0.4) is 0 Å². The highest BCUT2D eigenvalue weighted by Crippen LogP contribution is 2.17. The number of nitrogens with zero attached hydrogens (tertiary/aromatic N) is 3. The van der Waals surface area contributed by atoms with Gasteiger partial charge in [0.15, 0.2) is 5.69 Å². The van der Waals surface area contributed by atoms with Crippen LogP contribution in [0.15, 0.2) is 22.7 Å². The van der Waals surface area contributed by atoms with Crippen LogP contribution in [0.5, 0.6) is 0 Å². The molecule has 1 aromatic heterocycles. The summed E-state index contributed by atoms with van der Waals surface area (Å²) in [5.74, 6) is -1.61. The van der Waals surface area contributed by atoms with Gasteiger partial charge in [-0.3, -0.25) is 0 Å². The van der Waals surface area contributed by atoms with Crippen LogP contribution < -0.4 is 5.73 Å². The summed E-state index contributed by atoms with van der Waals surface area (Å²) in [4.78, 5) is 10.9. The number of carboxylic acid groups (broad SMARTS) is 1. The molecule has 19 heavy (non-hydrogen) atoms. The fraction of sp³-hybridized carbons (Fsp3) is 0.182. The van der Waals surface area contributed by atoms with Crippen molar-refractivity contribution in [1.82, 2.24) is 15.0 Å². The lowest BCUT2D eigenvalue weighted by atomic mass is 10.2. The van der Waals surface area contributed by atoms with Crippen molar-refractivity contribution in [3.63, 3.8) is 0 Å². The minimum absolute atomic E-state index is 0.0374. The third-order valence-corrected chi connectivity index (χ3v) is 3.05. The lowest BCUT2D eigenvalue weighted by molar-refractivity contribution is 0.0689. The van der Waals surface area contributed by atoms with E-state index >= 15 is 0 Å². The van der Waals surface area contributed by atoms with E-state index in [-0.39, 0.29) is 24.5 Å². The van der Waals surface area contributed by atoms with E-state index in [4.69, 9.17) is 10.8 Å². The summed E-state index contributed by atoms with van der Waals surface area (Å²) in [6.45, 7) is 0.0301. The first-order valence-corrected chi connectivity index (χ1v) is 6.12. The van der Waals surface area contributed by atoms with Crippen molar-refractivity contribution in [1.29, 1.82) is 0 Å². The standard InChI is InChI=1S/C11H10BrFN4O2/c12-7-1-2-8(13)6(3-7)5-17-9(4-14)10(11(18)19)15-16-17/h1-3H,4-5,14H2,(H,18,19). The lowest BCUT2D eigenvalue weighted by Crippen LogP contribution is -2.13. The first kappa shape index (κ1) is 13.6. The first-order chi connectivity index (χ1) is 9.02. The molecule has 0 bridgehead atoms. The number of rotatable bonds is 4. The van der Waals surface area contributed by atoms with Gasteiger partial charge in [0.1, 0.15) is 5.82 Å². The number of carboxylic acids is 1. The van der Waals surface area contributed by atoms with E-state index in [0.29, 0.717) is 5.56 Å². The maximum atomic E-state index is 13.6. The molecular weight excluding hydrogens is 319 g/mol. The van der Waals surface area contributed by atoms with Gasteiger partial charge < -0.3 is 10.8 Å². The summed E-state index contributed by atoms with van der Waals surface area (Å²) in [6.07, 6.45) is 0. The van der Waals surface area contributed by atoms with Crippen molar-refractivity contribution in [3.05, 3.63) is 45.4 Å². The second-order valence-electron chi connectivity index (χ2n) is 3.79. The van der Waals surface area contributed by atoms with Gasteiger partial charge in [0, 0.05) is 16.6 Å². The molecule has 6 nitrogen and oxygen atoms in total. The summed E-state index contributed by atoms with van der Waals surface area (Å²) >= 11 is 3.24. The third-order valence-electron chi connectivity index (χ3n) is 2.56. The average molecular weight is 329 g/mol. The van der Waals surface area contributed by atoms with Crippen LogP contribution >= 0.6 is 15.9 Å². The zero-order valence-electron chi connectivity index (χ0n) is 9.68. The van der Waals surface area contributed by atoms with Gasteiger partial charge in [0.25, 0.3) is 0 Å². The zero-order chi connectivity index (χ0) is 14.0. The van der Waals surface area contributed by atoms with Gasteiger partial charge in [0.2, 0.25) is 0 Å². The molecule has 100 valence electrons. The Kier molecular flexibility index (Phi) is 3.91. The third kappa shape index (κ3) is 2.79. The number of nitrogens with two attached hydrogens (primary N) is 1. The van der Waals surface area contributed by atoms with Crippen molar-refractivity contribution < 1.29 is 14.3 Å². The molecule has 2 rings (SSSR count). The summed E-state index contributed by atoms with van der Waals surface area (Å²) in [6, 6.07) is 4.49. The zero-order valence-corrected chi connectivity index (χ0v) is 11.3. The quantitative estimate of drug-likeness (QED) is 0.884. The Labute approximate surface area is 116 Å². The molecule has 0 aliphatic heterocycles. The molecule has 0 aliphatic rings. The van der Waals surface area contributed by atoms with Crippen molar-refractivity contribution in [3.8, 4) is 0 Å². The number of carbonyl (C=O) groups is 1. The van der Waals surface area contributed by atoms with Gasteiger partial charge in [-0.15, -0.1) is 5.10 Å². The molecule has 0 amide bonds. The Morgan fingerprint density at radius 2 is 2.26 bits per heavy atom. The Morgan fingerprint density at radius 1 is 1.53 bits per heavy atom. The van der Waals surface area contributed by atoms with Crippen molar-refractivity contribution in [2.45, 2.75) is 13.1 Å². The summed E-state index contributed by atoms with van der Waals surface area (Å²) in [5, 5.41) is 16.2. The maximum absolute atomic E-state index is 13.6. The molecule has 0 unspecified atom stereocenters. The minimum atomic E-state index is -1.21. The van der Waals surface area contributed by atoms with Gasteiger partial charge in [-0.25, -0.2) is 13.9 Å². The van der Waals surface area contributed by atoms with Gasteiger partial charge in [-0.2, -0.15) is 0 Å². The van der Waals surface area contributed by atoms with Crippen molar-refractivity contribution in [2.75, 3.05) is 0 Å². The van der Waals surface area contributed by atoms with Crippen molar-refractivity contribution >= 4 is 21.9 Å². The maximum Gasteiger partial charge on any atom is 0.358 e. The molecule has 1 aromatic carbocycles. The molecule has 0 fully saturated rings. The van der Waals surface area contributed by atoms with E-state index in [9.17, 15) is 9.18 Å². The van der Waals surface area contributed by atoms with Crippen LogP contribution in [0, 0.1) is 5.82 Å². The Balaban J connectivity index is 2.38. The number of hydrogen-bond acceptors (Lipinski definition) is 4.